The number of nitrogens with zero attached hydrogens (tertiary/aromatic N) is 1. The van der Waals surface area contributed by atoms with Gasteiger partial charge in [-0.25, -0.2) is 18.0 Å². The van der Waals surface area contributed by atoms with E-state index in [2.05, 4.69) is 9.62 Å². The Morgan fingerprint density at radius 1 is 0.978 bits per heavy atom. The van der Waals surface area contributed by atoms with Crippen molar-refractivity contribution in [3.63, 3.8) is 0 Å². The number of esters is 1. The maximum absolute atomic E-state index is 13.1. The molecule has 0 aliphatic carbocycles. The van der Waals surface area contributed by atoms with Gasteiger partial charge in [0.2, 0.25) is 0 Å². The van der Waals surface area contributed by atoms with E-state index in [4.69, 9.17) is 24.1 Å². The number of halogens is 3. The number of ether oxygens (including phenoxy) is 3. The maximum Gasteiger partial charge on any atom is 0.490 e. The Bertz CT molecular complexity index is 1630. The van der Waals surface area contributed by atoms with Crippen molar-refractivity contribution >= 4 is 27.6 Å². The number of nitrogens with one attached hydrogen (secondary N) is 1. The number of aromatic hydroxyl groups is 1. The summed E-state index contributed by atoms with van der Waals surface area (Å²) in [6.45, 7) is 4.80. The Hall–Kier alpha value is -4.34. The molecule has 0 spiro atoms. The minimum Gasteiger partial charge on any atom is -0.507 e. The van der Waals surface area contributed by atoms with Gasteiger partial charge in [-0.3, -0.25) is 9.62 Å². The third kappa shape index (κ3) is 9.33. The van der Waals surface area contributed by atoms with Crippen LogP contribution in [0.5, 0.6) is 11.5 Å². The molecule has 0 unspecified atom stereocenters. The molecular weight excluding hydrogens is 621 g/mol. The molecule has 0 bridgehead atoms. The number of hydrogen-bond donors (Lipinski definition) is 3. The second-order valence-corrected chi connectivity index (χ2v) is 11.7. The van der Waals surface area contributed by atoms with Gasteiger partial charge in [0.1, 0.15) is 17.1 Å². The van der Waals surface area contributed by atoms with Crippen molar-refractivity contribution in [1.82, 2.24) is 4.90 Å². The molecule has 3 N–H and O–H groups in total. The average Bonchev–Trinajstić information content (AvgIpc) is 3.48. The molecule has 2 heterocycles. The first-order valence-electron chi connectivity index (χ1n) is 13.8. The van der Waals surface area contributed by atoms with Crippen LogP contribution in [0.2, 0.25) is 0 Å². The van der Waals surface area contributed by atoms with Gasteiger partial charge in [0.15, 0.2) is 0 Å². The lowest BCUT2D eigenvalue weighted by atomic mass is 10.0. The van der Waals surface area contributed by atoms with Gasteiger partial charge in [-0.1, -0.05) is 18.2 Å². The highest BCUT2D eigenvalue weighted by Gasteiger charge is 2.38. The van der Waals surface area contributed by atoms with Gasteiger partial charge in [0.05, 0.1) is 37.0 Å². The lowest BCUT2D eigenvalue weighted by molar-refractivity contribution is -0.192. The highest BCUT2D eigenvalue weighted by Crippen LogP contribution is 2.32. The van der Waals surface area contributed by atoms with Crippen LogP contribution in [-0.4, -0.2) is 87.7 Å². The van der Waals surface area contributed by atoms with Crippen molar-refractivity contribution in [2.75, 3.05) is 50.8 Å². The van der Waals surface area contributed by atoms with Crippen LogP contribution in [0.25, 0.3) is 11.1 Å². The number of fused-ring (bicyclic) bond motifs is 1. The largest absolute Gasteiger partial charge is 0.507 e. The number of rotatable bonds is 9. The van der Waals surface area contributed by atoms with Crippen molar-refractivity contribution in [3.05, 3.63) is 71.8 Å². The molecule has 1 saturated heterocycles. The molecule has 11 nitrogen and oxygen atoms in total. The lowest BCUT2D eigenvalue weighted by Crippen LogP contribution is -2.37. The summed E-state index contributed by atoms with van der Waals surface area (Å²) in [4.78, 5) is 23.6. The molecule has 0 atom stereocenters. The van der Waals surface area contributed by atoms with Gasteiger partial charge in [-0.2, -0.15) is 13.2 Å². The summed E-state index contributed by atoms with van der Waals surface area (Å²) in [5.74, 6) is -2.92. The Morgan fingerprint density at radius 3 is 2.38 bits per heavy atom. The summed E-state index contributed by atoms with van der Waals surface area (Å²) in [6, 6.07) is 16.4. The van der Waals surface area contributed by atoms with Crippen molar-refractivity contribution < 1.29 is 55.6 Å². The van der Waals surface area contributed by atoms with Crippen LogP contribution < -0.4 is 9.46 Å². The number of carbonyl (C=O) groups excluding carboxylic acids is 1. The summed E-state index contributed by atoms with van der Waals surface area (Å²) in [7, 11) is -3.95. The van der Waals surface area contributed by atoms with E-state index >= 15 is 0 Å². The molecule has 1 fully saturated rings. The highest BCUT2D eigenvalue weighted by atomic mass is 32.2. The van der Waals surface area contributed by atoms with Crippen molar-refractivity contribution in [1.29, 1.82) is 0 Å². The third-order valence-electron chi connectivity index (χ3n) is 6.84. The number of anilines is 1. The lowest BCUT2D eigenvalue weighted by Gasteiger charge is -2.26. The number of morpholine rings is 1. The molecule has 0 saturated carbocycles. The third-order valence-corrected chi connectivity index (χ3v) is 8.21. The van der Waals surface area contributed by atoms with Crippen LogP contribution in [0.1, 0.15) is 22.3 Å². The monoisotopic (exact) mass is 652 g/mol. The molecule has 5 rings (SSSR count). The van der Waals surface area contributed by atoms with Crippen molar-refractivity contribution in [2.24, 2.45) is 0 Å². The van der Waals surface area contributed by atoms with E-state index in [-0.39, 0.29) is 28.5 Å². The summed E-state index contributed by atoms with van der Waals surface area (Å²) in [5.41, 5.74) is 2.86. The van der Waals surface area contributed by atoms with E-state index in [9.17, 15) is 31.5 Å². The second kappa shape index (κ2) is 14.6. The quantitative estimate of drug-likeness (QED) is 0.225. The van der Waals surface area contributed by atoms with E-state index in [0.29, 0.717) is 26.2 Å². The summed E-state index contributed by atoms with van der Waals surface area (Å²) < 4.78 is 76.6. The first-order chi connectivity index (χ1) is 21.3. The van der Waals surface area contributed by atoms with Gasteiger partial charge in [-0.05, 0) is 59.5 Å². The van der Waals surface area contributed by atoms with E-state index in [1.807, 2.05) is 24.3 Å². The number of sulfonamides is 1. The smallest absolute Gasteiger partial charge is 0.490 e. The first kappa shape index (κ1) is 33.6. The van der Waals surface area contributed by atoms with Crippen LogP contribution in [0, 0.1) is 0 Å². The zero-order chi connectivity index (χ0) is 32.6. The Balaban J connectivity index is 0.000000591. The minimum absolute atomic E-state index is 0.0260. The SMILES string of the molecule is O=C(O)C(F)(F)F.O=C(OCCCN1CCOCC1)c1ccc(NS(=O)(=O)c2cccc(-c3ccc4c(c3)CCO4)c2)cc1O. The molecule has 2 aliphatic rings. The number of carboxylic acid groups (broad SMARTS) is 1. The number of carbonyl (C=O) groups is 2. The van der Waals surface area contributed by atoms with Crippen LogP contribution in [0.4, 0.5) is 18.9 Å². The molecular formula is C30H31F3N2O9S. The van der Waals surface area contributed by atoms with Crippen LogP contribution in [0.3, 0.4) is 0 Å². The predicted octanol–water partition coefficient (Wildman–Crippen LogP) is 4.31. The van der Waals surface area contributed by atoms with Gasteiger partial charge in [-0.15, -0.1) is 0 Å². The maximum atomic E-state index is 13.1. The molecule has 45 heavy (non-hydrogen) atoms. The van der Waals surface area contributed by atoms with Gasteiger partial charge >= 0.3 is 18.1 Å². The standard InChI is InChI=1S/C28H30N2O7S.C2HF3O2/c31-26-19-23(6-7-25(26)28(32)37-13-2-10-30-11-15-35-16-12-30)29-38(33,34)24-4-1-3-20(18-24)21-5-8-27-22(17-21)9-14-36-27;3-2(4,5)1(6)7/h1,3-8,17-19,29,31H,2,9-16H2;(H,6,7). The average molecular weight is 653 g/mol. The number of carboxylic acids is 1. The molecule has 15 heteroatoms. The fourth-order valence-corrected chi connectivity index (χ4v) is 5.64. The molecule has 3 aromatic rings. The Kier molecular flexibility index (Phi) is 10.9. The van der Waals surface area contributed by atoms with Crippen LogP contribution >= 0.6 is 0 Å². The molecule has 2 aliphatic heterocycles. The first-order valence-corrected chi connectivity index (χ1v) is 15.3. The fourth-order valence-electron chi connectivity index (χ4n) is 4.55. The summed E-state index contributed by atoms with van der Waals surface area (Å²) in [5, 5.41) is 17.5. The molecule has 242 valence electrons. The minimum atomic E-state index is -5.08. The van der Waals surface area contributed by atoms with Crippen molar-refractivity contribution in [2.45, 2.75) is 23.9 Å². The van der Waals surface area contributed by atoms with Gasteiger partial charge in [0, 0.05) is 32.1 Å². The topological polar surface area (TPSA) is 152 Å². The van der Waals surface area contributed by atoms with E-state index in [1.54, 1.807) is 12.1 Å². The highest BCUT2D eigenvalue weighted by molar-refractivity contribution is 7.92. The predicted molar refractivity (Wildman–Crippen MR) is 156 cm³/mol. The van der Waals surface area contributed by atoms with Crippen LogP contribution in [-0.2, 0) is 30.7 Å². The number of phenols is 1. The summed E-state index contributed by atoms with van der Waals surface area (Å²) >= 11 is 0. The number of aliphatic carboxylic acids is 1. The number of alkyl halides is 3. The number of phenolic OH excluding ortho intramolecular Hbond substituents is 1. The molecule has 3 aromatic carbocycles. The second-order valence-electron chi connectivity index (χ2n) is 10.0. The Morgan fingerprint density at radius 2 is 1.69 bits per heavy atom. The van der Waals surface area contributed by atoms with Gasteiger partial charge < -0.3 is 24.4 Å². The fraction of sp³-hybridized carbons (Fsp3) is 0.333. The molecule has 0 aromatic heterocycles. The summed E-state index contributed by atoms with van der Waals surface area (Å²) in [6.07, 6.45) is -3.59. The zero-order valence-electron chi connectivity index (χ0n) is 23.9. The van der Waals surface area contributed by atoms with Gasteiger partial charge in [0.25, 0.3) is 10.0 Å². The molecule has 0 amide bonds. The Labute approximate surface area is 257 Å². The molecule has 0 radical (unpaired) electrons. The van der Waals surface area contributed by atoms with Crippen molar-refractivity contribution in [3.8, 4) is 22.6 Å². The van der Waals surface area contributed by atoms with E-state index < -0.39 is 28.1 Å². The number of hydrogen-bond acceptors (Lipinski definition) is 9. The normalized spacial score (nSPS) is 14.8. The number of benzene rings is 3. The van der Waals surface area contributed by atoms with E-state index in [1.165, 1.54) is 24.3 Å². The van der Waals surface area contributed by atoms with Crippen LogP contribution in [0.15, 0.2) is 65.6 Å². The zero-order valence-corrected chi connectivity index (χ0v) is 24.7. The van der Waals surface area contributed by atoms with E-state index in [0.717, 1.165) is 48.5 Å².